The first-order valence-corrected chi connectivity index (χ1v) is 10.3. The van der Waals surface area contributed by atoms with Crippen molar-refractivity contribution in [2.75, 3.05) is 13.7 Å². The van der Waals surface area contributed by atoms with Crippen molar-refractivity contribution < 1.29 is 19.1 Å². The quantitative estimate of drug-likeness (QED) is 0.534. The van der Waals surface area contributed by atoms with Crippen molar-refractivity contribution in [1.29, 1.82) is 0 Å². The minimum Gasteiger partial charge on any atom is -0.497 e. The molecule has 0 radical (unpaired) electrons. The molecule has 0 saturated carbocycles. The van der Waals surface area contributed by atoms with Gasteiger partial charge in [0, 0.05) is 11.3 Å². The number of hydrogen-bond acceptors (Lipinski definition) is 6. The maximum Gasteiger partial charge on any atom is 0.281 e. The van der Waals surface area contributed by atoms with Crippen LogP contribution in [0.3, 0.4) is 0 Å². The third kappa shape index (κ3) is 4.11. The highest BCUT2D eigenvalue weighted by atomic mass is 32.1. The molecule has 1 amide bonds. The zero-order chi connectivity index (χ0) is 20.9. The van der Waals surface area contributed by atoms with Crippen molar-refractivity contribution in [3.63, 3.8) is 0 Å². The van der Waals surface area contributed by atoms with Crippen LogP contribution < -0.4 is 9.47 Å². The highest BCUT2D eigenvalue weighted by Crippen LogP contribution is 2.35. The van der Waals surface area contributed by atoms with E-state index >= 15 is 0 Å². The number of rotatable bonds is 7. The molecule has 0 aliphatic carbocycles. The van der Waals surface area contributed by atoms with Gasteiger partial charge in [-0.15, -0.1) is 11.3 Å². The maximum absolute atomic E-state index is 13.0. The Bertz CT molecular complexity index is 1060. The van der Waals surface area contributed by atoms with Crippen molar-refractivity contribution in [3.05, 3.63) is 82.0 Å². The summed E-state index contributed by atoms with van der Waals surface area (Å²) >= 11 is 1.59. The van der Waals surface area contributed by atoms with E-state index < -0.39 is 0 Å². The Balaban J connectivity index is 1.56. The third-order valence-corrected chi connectivity index (χ3v) is 5.83. The number of para-hydroxylation sites is 1. The number of ether oxygens (including phenoxy) is 2. The molecule has 6 nitrogen and oxygen atoms in total. The first-order chi connectivity index (χ1) is 14.7. The third-order valence-electron chi connectivity index (χ3n) is 4.86. The van der Waals surface area contributed by atoms with Gasteiger partial charge in [-0.1, -0.05) is 18.2 Å². The highest BCUT2D eigenvalue weighted by Gasteiger charge is 2.34. The first-order valence-electron chi connectivity index (χ1n) is 9.44. The summed E-state index contributed by atoms with van der Waals surface area (Å²) in [5.41, 5.74) is 2.18. The minimum absolute atomic E-state index is 0.181. The molecular formula is C23H20N2O4S. The molecule has 0 fully saturated rings. The zero-order valence-corrected chi connectivity index (χ0v) is 17.2. The number of hydrazone groups is 1. The molecule has 7 heteroatoms. The van der Waals surface area contributed by atoms with Crippen LogP contribution >= 0.6 is 11.3 Å². The van der Waals surface area contributed by atoms with E-state index in [9.17, 15) is 9.59 Å². The van der Waals surface area contributed by atoms with Gasteiger partial charge in [-0.05, 0) is 53.4 Å². The molecule has 30 heavy (non-hydrogen) atoms. The maximum atomic E-state index is 13.0. The van der Waals surface area contributed by atoms with Crippen molar-refractivity contribution in [3.8, 4) is 11.5 Å². The van der Waals surface area contributed by atoms with Gasteiger partial charge in [-0.25, -0.2) is 5.01 Å². The van der Waals surface area contributed by atoms with Gasteiger partial charge in [-0.2, -0.15) is 5.10 Å². The summed E-state index contributed by atoms with van der Waals surface area (Å²) in [6, 6.07) is 18.2. The molecule has 1 aliphatic rings. The van der Waals surface area contributed by atoms with E-state index in [1.807, 2.05) is 41.8 Å². The average molecular weight is 420 g/mol. The molecule has 0 spiro atoms. The molecule has 0 saturated heterocycles. The number of carbonyl (C=O) groups excluding carboxylic acids is 2. The van der Waals surface area contributed by atoms with E-state index in [4.69, 9.17) is 9.47 Å². The Morgan fingerprint density at radius 3 is 2.67 bits per heavy atom. The van der Waals surface area contributed by atoms with Gasteiger partial charge in [0.15, 0.2) is 12.9 Å². The zero-order valence-electron chi connectivity index (χ0n) is 16.4. The van der Waals surface area contributed by atoms with Gasteiger partial charge in [0.2, 0.25) is 0 Å². The number of hydrogen-bond donors (Lipinski definition) is 0. The van der Waals surface area contributed by atoms with E-state index in [2.05, 4.69) is 5.10 Å². The lowest BCUT2D eigenvalue weighted by atomic mass is 10.0. The summed E-state index contributed by atoms with van der Waals surface area (Å²) < 4.78 is 10.9. The van der Waals surface area contributed by atoms with Crippen LogP contribution in [0.25, 0.3) is 0 Å². The van der Waals surface area contributed by atoms with Gasteiger partial charge in [0.1, 0.15) is 11.5 Å². The Hall–Kier alpha value is -3.45. The lowest BCUT2D eigenvalue weighted by Crippen LogP contribution is -2.31. The smallest absolute Gasteiger partial charge is 0.281 e. The van der Waals surface area contributed by atoms with Crippen molar-refractivity contribution in [2.45, 2.75) is 12.5 Å². The van der Waals surface area contributed by atoms with Crippen LogP contribution in [0.4, 0.5) is 0 Å². The standard InChI is InChI=1S/C23H20N2O4S/c1-28-18-10-8-16(9-11-18)19-13-20(22-7-4-12-30-22)25(24-19)23(27)15-29-21-6-3-2-5-17(21)14-26/h2-12,14,20H,13,15H2,1H3. The molecule has 4 rings (SSSR count). The number of amides is 1. The second-order valence-corrected chi connectivity index (χ2v) is 7.67. The van der Waals surface area contributed by atoms with Gasteiger partial charge in [0.05, 0.1) is 24.4 Å². The fraction of sp³-hybridized carbons (Fsp3) is 0.174. The predicted octanol–water partition coefficient (Wildman–Crippen LogP) is 4.33. The molecule has 2 heterocycles. The van der Waals surface area contributed by atoms with Crippen molar-refractivity contribution in [1.82, 2.24) is 5.01 Å². The summed E-state index contributed by atoms with van der Waals surface area (Å²) in [4.78, 5) is 25.2. The van der Waals surface area contributed by atoms with Gasteiger partial charge in [0.25, 0.3) is 5.91 Å². The second-order valence-electron chi connectivity index (χ2n) is 6.69. The molecule has 1 atom stereocenters. The fourth-order valence-corrected chi connectivity index (χ4v) is 4.13. The van der Waals surface area contributed by atoms with Crippen LogP contribution in [0.2, 0.25) is 0 Å². The Morgan fingerprint density at radius 2 is 1.97 bits per heavy atom. The van der Waals surface area contributed by atoms with Gasteiger partial charge < -0.3 is 9.47 Å². The van der Waals surface area contributed by atoms with Crippen LogP contribution in [0.15, 0.2) is 71.1 Å². The molecule has 2 aromatic carbocycles. The number of methoxy groups -OCH3 is 1. The molecule has 1 aromatic heterocycles. The van der Waals surface area contributed by atoms with Crippen LogP contribution in [0, 0.1) is 0 Å². The summed E-state index contributed by atoms with van der Waals surface area (Å²) in [6.45, 7) is -0.202. The van der Waals surface area contributed by atoms with E-state index in [0.717, 1.165) is 21.9 Å². The Labute approximate surface area is 178 Å². The number of thiophene rings is 1. The van der Waals surface area contributed by atoms with Crippen LogP contribution in [-0.4, -0.2) is 36.6 Å². The Kier molecular flexibility index (Phi) is 5.90. The summed E-state index contributed by atoms with van der Waals surface area (Å²) in [7, 11) is 1.62. The normalized spacial score (nSPS) is 15.6. The number of nitrogens with zero attached hydrogens (tertiary/aromatic N) is 2. The number of aldehydes is 1. The van der Waals surface area contributed by atoms with Crippen molar-refractivity contribution in [2.24, 2.45) is 5.10 Å². The van der Waals surface area contributed by atoms with E-state index in [0.29, 0.717) is 24.0 Å². The minimum atomic E-state index is -0.266. The second kappa shape index (κ2) is 8.92. The number of benzene rings is 2. The van der Waals surface area contributed by atoms with Gasteiger partial charge >= 0.3 is 0 Å². The molecule has 1 unspecified atom stereocenters. The van der Waals surface area contributed by atoms with Gasteiger partial charge in [-0.3, -0.25) is 9.59 Å². The van der Waals surface area contributed by atoms with E-state index in [1.165, 1.54) is 5.01 Å². The Morgan fingerprint density at radius 1 is 1.17 bits per heavy atom. The SMILES string of the molecule is COc1ccc(C2=NN(C(=O)COc3ccccc3C=O)C(c3cccs3)C2)cc1. The first kappa shape index (κ1) is 19.8. The summed E-state index contributed by atoms with van der Waals surface area (Å²) in [5.74, 6) is 0.882. The van der Waals surface area contributed by atoms with Crippen LogP contribution in [0.5, 0.6) is 11.5 Å². The topological polar surface area (TPSA) is 68.2 Å². The predicted molar refractivity (Wildman–Crippen MR) is 115 cm³/mol. The monoisotopic (exact) mass is 420 g/mol. The highest BCUT2D eigenvalue weighted by molar-refractivity contribution is 7.10. The molecule has 152 valence electrons. The molecule has 1 aliphatic heterocycles. The fourth-order valence-electron chi connectivity index (χ4n) is 3.32. The largest absolute Gasteiger partial charge is 0.497 e. The number of carbonyl (C=O) groups is 2. The van der Waals surface area contributed by atoms with E-state index in [-0.39, 0.29) is 18.6 Å². The molecule has 3 aromatic rings. The van der Waals surface area contributed by atoms with E-state index in [1.54, 1.807) is 42.7 Å². The lowest BCUT2D eigenvalue weighted by molar-refractivity contribution is -0.135. The van der Waals surface area contributed by atoms with Crippen LogP contribution in [-0.2, 0) is 4.79 Å². The van der Waals surface area contributed by atoms with Crippen molar-refractivity contribution >= 4 is 29.2 Å². The lowest BCUT2D eigenvalue weighted by Gasteiger charge is -2.21. The molecule has 0 N–H and O–H groups in total. The summed E-state index contributed by atoms with van der Waals surface area (Å²) in [5, 5.41) is 8.10. The molecule has 0 bridgehead atoms. The summed E-state index contributed by atoms with van der Waals surface area (Å²) in [6.07, 6.45) is 1.33. The van der Waals surface area contributed by atoms with Crippen LogP contribution in [0.1, 0.15) is 33.3 Å². The average Bonchev–Trinajstić information content (AvgIpc) is 3.47. The molecular weight excluding hydrogens is 400 g/mol.